The number of aliphatic hydroxyl groups is 1. The molecule has 0 atom stereocenters. The van der Waals surface area contributed by atoms with E-state index in [1.807, 2.05) is 18.2 Å². The molecule has 152 valence electrons. The zero-order chi connectivity index (χ0) is 19.8. The van der Waals surface area contributed by atoms with E-state index in [4.69, 9.17) is 9.52 Å². The molecule has 2 aromatic heterocycles. The highest BCUT2D eigenvalue weighted by molar-refractivity contribution is 5.81. The van der Waals surface area contributed by atoms with E-state index in [1.165, 1.54) is 10.9 Å². The number of aliphatic hydroxyl groups excluding tert-OH is 1. The lowest BCUT2D eigenvalue weighted by molar-refractivity contribution is 0.224. The Morgan fingerprint density at radius 3 is 2.72 bits per heavy atom. The Morgan fingerprint density at radius 1 is 1.14 bits per heavy atom. The van der Waals surface area contributed by atoms with E-state index in [0.29, 0.717) is 29.3 Å². The summed E-state index contributed by atoms with van der Waals surface area (Å²) in [7, 11) is 0. The van der Waals surface area contributed by atoms with E-state index in [0.717, 1.165) is 50.6 Å². The molecule has 2 aliphatic rings. The van der Waals surface area contributed by atoms with E-state index in [1.54, 1.807) is 0 Å². The minimum Gasteiger partial charge on any atom is -0.424 e. The lowest BCUT2D eigenvalue weighted by atomic mass is 10.2. The van der Waals surface area contributed by atoms with Gasteiger partial charge in [0.2, 0.25) is 11.8 Å². The van der Waals surface area contributed by atoms with Gasteiger partial charge >= 0.3 is 0 Å². The van der Waals surface area contributed by atoms with Crippen molar-refractivity contribution in [1.29, 1.82) is 0 Å². The van der Waals surface area contributed by atoms with Crippen molar-refractivity contribution in [2.24, 2.45) is 0 Å². The van der Waals surface area contributed by atoms with E-state index in [-0.39, 0.29) is 18.7 Å². The highest BCUT2D eigenvalue weighted by Crippen LogP contribution is 2.39. The fourth-order valence-corrected chi connectivity index (χ4v) is 3.79. The van der Waals surface area contributed by atoms with E-state index >= 15 is 0 Å². The fraction of sp³-hybridized carbons (Fsp3) is 0.500. The number of aromatic nitrogens is 4. The predicted molar refractivity (Wildman–Crippen MR) is 107 cm³/mol. The molecule has 1 N–H and O–H groups in total. The van der Waals surface area contributed by atoms with Gasteiger partial charge in [0.25, 0.3) is 5.56 Å². The summed E-state index contributed by atoms with van der Waals surface area (Å²) in [6.45, 7) is 4.45. The minimum atomic E-state index is -0.120. The maximum atomic E-state index is 12.4. The summed E-state index contributed by atoms with van der Waals surface area (Å²) in [6.07, 6.45) is 3.83. The topological polar surface area (TPSA) is 101 Å². The smallest absolute Gasteiger partial charge is 0.261 e. The Bertz CT molecular complexity index is 1070. The van der Waals surface area contributed by atoms with Crippen LogP contribution in [0.5, 0.6) is 0 Å². The van der Waals surface area contributed by atoms with Gasteiger partial charge in [0.15, 0.2) is 0 Å². The van der Waals surface area contributed by atoms with E-state index in [9.17, 15) is 4.79 Å². The van der Waals surface area contributed by atoms with Crippen molar-refractivity contribution < 1.29 is 9.52 Å². The summed E-state index contributed by atoms with van der Waals surface area (Å²) in [4.78, 5) is 21.5. The van der Waals surface area contributed by atoms with Gasteiger partial charge in [-0.2, -0.15) is 0 Å². The highest BCUT2D eigenvalue weighted by Gasteiger charge is 2.29. The van der Waals surface area contributed by atoms with E-state index < -0.39 is 0 Å². The molecule has 1 aromatic carbocycles. The van der Waals surface area contributed by atoms with Gasteiger partial charge in [-0.1, -0.05) is 0 Å². The first-order chi connectivity index (χ1) is 14.2. The summed E-state index contributed by atoms with van der Waals surface area (Å²) in [6, 6.07) is 5.78. The van der Waals surface area contributed by atoms with Gasteiger partial charge in [0.1, 0.15) is 0 Å². The van der Waals surface area contributed by atoms with Crippen LogP contribution in [0, 0.1) is 0 Å². The maximum absolute atomic E-state index is 12.4. The number of anilines is 1. The van der Waals surface area contributed by atoms with Crippen molar-refractivity contribution in [1.82, 2.24) is 24.6 Å². The van der Waals surface area contributed by atoms with Crippen LogP contribution in [0.2, 0.25) is 0 Å². The highest BCUT2D eigenvalue weighted by atomic mass is 16.4. The second-order valence-electron chi connectivity index (χ2n) is 7.74. The second-order valence-corrected chi connectivity index (χ2v) is 7.74. The molecule has 5 rings (SSSR count). The molecule has 9 heteroatoms. The molecule has 1 aliphatic heterocycles. The molecular weight excluding hydrogens is 372 g/mol. The average Bonchev–Trinajstić information content (AvgIpc) is 3.50. The van der Waals surface area contributed by atoms with Crippen molar-refractivity contribution in [3.05, 3.63) is 46.7 Å². The van der Waals surface area contributed by atoms with Crippen LogP contribution in [0.25, 0.3) is 10.9 Å². The van der Waals surface area contributed by atoms with Crippen molar-refractivity contribution in [2.75, 3.05) is 37.7 Å². The Morgan fingerprint density at radius 2 is 1.97 bits per heavy atom. The number of hydrogen-bond donors (Lipinski definition) is 1. The summed E-state index contributed by atoms with van der Waals surface area (Å²) in [5.41, 5.74) is 1.63. The molecule has 3 aromatic rings. The van der Waals surface area contributed by atoms with E-state index in [2.05, 4.69) is 25.0 Å². The summed E-state index contributed by atoms with van der Waals surface area (Å²) in [5, 5.41) is 18.0. The van der Waals surface area contributed by atoms with Crippen LogP contribution in [0.4, 0.5) is 5.69 Å². The molecule has 1 aliphatic carbocycles. The molecule has 0 radical (unpaired) electrons. The first-order valence-electron chi connectivity index (χ1n) is 10.1. The number of nitrogens with zero attached hydrogens (tertiary/aromatic N) is 6. The van der Waals surface area contributed by atoms with Crippen LogP contribution in [-0.4, -0.2) is 62.5 Å². The van der Waals surface area contributed by atoms with Crippen molar-refractivity contribution in [3.8, 4) is 0 Å². The molecule has 29 heavy (non-hydrogen) atoms. The second kappa shape index (κ2) is 7.57. The third-order valence-electron chi connectivity index (χ3n) is 5.66. The largest absolute Gasteiger partial charge is 0.424 e. The Kier molecular flexibility index (Phi) is 4.76. The Labute approximate surface area is 167 Å². The molecular formula is C20H24N6O3. The van der Waals surface area contributed by atoms with Crippen LogP contribution in [0.1, 0.15) is 30.5 Å². The first kappa shape index (κ1) is 18.3. The summed E-state index contributed by atoms with van der Waals surface area (Å²) in [5.74, 6) is 1.98. The third kappa shape index (κ3) is 3.75. The summed E-state index contributed by atoms with van der Waals surface area (Å²) >= 11 is 0. The predicted octanol–water partition coefficient (Wildman–Crippen LogP) is 0.971. The van der Waals surface area contributed by atoms with Crippen molar-refractivity contribution in [2.45, 2.75) is 31.8 Å². The van der Waals surface area contributed by atoms with Crippen molar-refractivity contribution in [3.63, 3.8) is 0 Å². The van der Waals surface area contributed by atoms with Gasteiger partial charge in [-0.15, -0.1) is 10.2 Å². The number of fused-ring (bicyclic) bond motifs is 1. The molecule has 1 saturated heterocycles. The number of hydrogen-bond acceptors (Lipinski definition) is 8. The van der Waals surface area contributed by atoms with Crippen LogP contribution in [0.3, 0.4) is 0 Å². The zero-order valence-electron chi connectivity index (χ0n) is 16.2. The van der Waals surface area contributed by atoms with Gasteiger partial charge < -0.3 is 14.4 Å². The standard InChI is InChI=1S/C20H24N6O3/c27-10-9-26-13-21-17-11-15(3-4-16(17)20(26)28)25-7-5-24(6-8-25)12-18-22-23-19(29-18)14-1-2-14/h3-4,11,13-14,27H,1-2,5-10,12H2. The zero-order valence-corrected chi connectivity index (χ0v) is 16.2. The van der Waals surface area contributed by atoms with Gasteiger partial charge in [0, 0.05) is 37.8 Å². The molecule has 1 saturated carbocycles. The van der Waals surface area contributed by atoms with Crippen LogP contribution >= 0.6 is 0 Å². The molecule has 3 heterocycles. The average molecular weight is 396 g/mol. The molecule has 0 bridgehead atoms. The normalized spacial score (nSPS) is 17.9. The first-order valence-corrected chi connectivity index (χ1v) is 10.1. The van der Waals surface area contributed by atoms with Crippen LogP contribution < -0.4 is 10.5 Å². The summed E-state index contributed by atoms with van der Waals surface area (Å²) < 4.78 is 7.21. The SMILES string of the molecule is O=c1c2ccc(N3CCN(Cc4nnc(C5CC5)o4)CC3)cc2ncn1CCO. The van der Waals surface area contributed by atoms with Gasteiger partial charge in [-0.05, 0) is 31.0 Å². The van der Waals surface area contributed by atoms with Gasteiger partial charge in [-0.3, -0.25) is 14.3 Å². The molecule has 2 fully saturated rings. The molecule has 9 nitrogen and oxygen atoms in total. The number of rotatable bonds is 6. The molecule has 0 amide bonds. The van der Waals surface area contributed by atoms with Gasteiger partial charge in [-0.25, -0.2) is 4.98 Å². The van der Waals surface area contributed by atoms with Crippen LogP contribution in [0.15, 0.2) is 33.7 Å². The number of piperazine rings is 1. The lowest BCUT2D eigenvalue weighted by Crippen LogP contribution is -2.46. The fourth-order valence-electron chi connectivity index (χ4n) is 3.79. The maximum Gasteiger partial charge on any atom is 0.261 e. The quantitative estimate of drug-likeness (QED) is 0.658. The number of benzene rings is 1. The third-order valence-corrected chi connectivity index (χ3v) is 5.66. The molecule has 0 unspecified atom stereocenters. The van der Waals surface area contributed by atoms with Crippen molar-refractivity contribution >= 4 is 16.6 Å². The van der Waals surface area contributed by atoms with Crippen LogP contribution in [-0.2, 0) is 13.1 Å². The van der Waals surface area contributed by atoms with Gasteiger partial charge in [0.05, 0.1) is 36.9 Å². The minimum absolute atomic E-state index is 0.0824. The Balaban J connectivity index is 1.24. The lowest BCUT2D eigenvalue weighted by Gasteiger charge is -2.35. The Hall–Kier alpha value is -2.78. The monoisotopic (exact) mass is 396 g/mol. The molecule has 0 spiro atoms.